The van der Waals surface area contributed by atoms with Gasteiger partial charge in [0.25, 0.3) is 0 Å². The third-order valence-corrected chi connectivity index (χ3v) is 1.90. The number of carbonyl (C=O) groups is 1. The SMILES string of the molecule is CCC(=C(C)C(=O)O)[N+](C)(C)C. The fourth-order valence-electron chi connectivity index (χ4n) is 1.37. The Kier molecular flexibility index (Phi) is 3.46. The minimum Gasteiger partial charge on any atom is -0.478 e. The number of nitrogens with zero attached hydrogens (tertiary/aromatic N) is 1. The van der Waals surface area contributed by atoms with E-state index >= 15 is 0 Å². The van der Waals surface area contributed by atoms with Gasteiger partial charge in [-0.25, -0.2) is 4.79 Å². The number of carboxylic acid groups (broad SMARTS) is 1. The standard InChI is InChI=1S/C9H17NO2/c1-6-8(10(3,4)5)7(2)9(11)12/h6H2,1-5H3/p+1. The molecule has 12 heavy (non-hydrogen) atoms. The van der Waals surface area contributed by atoms with Gasteiger partial charge in [0.05, 0.1) is 26.7 Å². The normalized spacial score (nSPS) is 14.1. The molecule has 0 bridgehead atoms. The summed E-state index contributed by atoms with van der Waals surface area (Å²) < 4.78 is 0.592. The van der Waals surface area contributed by atoms with Crippen molar-refractivity contribution in [2.75, 3.05) is 21.1 Å². The Morgan fingerprint density at radius 2 is 1.75 bits per heavy atom. The van der Waals surface area contributed by atoms with Crippen LogP contribution in [0, 0.1) is 0 Å². The Balaban J connectivity index is 5.01. The van der Waals surface area contributed by atoms with E-state index in [1.807, 2.05) is 28.1 Å². The van der Waals surface area contributed by atoms with Gasteiger partial charge in [-0.3, -0.25) is 0 Å². The van der Waals surface area contributed by atoms with Crippen molar-refractivity contribution in [2.45, 2.75) is 20.3 Å². The van der Waals surface area contributed by atoms with Gasteiger partial charge >= 0.3 is 5.97 Å². The Labute approximate surface area is 73.9 Å². The highest BCUT2D eigenvalue weighted by molar-refractivity contribution is 5.86. The Bertz CT molecular complexity index is 211. The molecular formula is C9H18NO2+. The highest BCUT2D eigenvalue weighted by Crippen LogP contribution is 2.16. The summed E-state index contributed by atoms with van der Waals surface area (Å²) in [4.78, 5) is 10.7. The molecule has 3 heteroatoms. The van der Waals surface area contributed by atoms with Gasteiger partial charge in [0.1, 0.15) is 5.70 Å². The quantitative estimate of drug-likeness (QED) is 0.517. The molecule has 0 spiro atoms. The lowest BCUT2D eigenvalue weighted by Crippen LogP contribution is -2.34. The monoisotopic (exact) mass is 172 g/mol. The summed E-state index contributed by atoms with van der Waals surface area (Å²) in [5.41, 5.74) is 1.42. The molecule has 0 aliphatic carbocycles. The maximum atomic E-state index is 10.7. The first-order valence-electron chi connectivity index (χ1n) is 4.05. The summed E-state index contributed by atoms with van der Waals surface area (Å²) in [7, 11) is 5.93. The maximum Gasteiger partial charge on any atom is 0.336 e. The molecule has 70 valence electrons. The topological polar surface area (TPSA) is 37.3 Å². The predicted molar refractivity (Wildman–Crippen MR) is 48.7 cm³/mol. The van der Waals surface area contributed by atoms with E-state index in [4.69, 9.17) is 5.11 Å². The Morgan fingerprint density at radius 3 is 1.83 bits per heavy atom. The van der Waals surface area contributed by atoms with E-state index in [0.717, 1.165) is 12.1 Å². The van der Waals surface area contributed by atoms with Crippen LogP contribution in [-0.4, -0.2) is 36.7 Å². The zero-order chi connectivity index (χ0) is 9.94. The molecule has 0 saturated heterocycles. The Morgan fingerprint density at radius 1 is 1.33 bits per heavy atom. The lowest BCUT2D eigenvalue weighted by Gasteiger charge is -2.26. The summed E-state index contributed by atoms with van der Waals surface area (Å²) in [6.07, 6.45) is 0.779. The summed E-state index contributed by atoms with van der Waals surface area (Å²) >= 11 is 0. The molecule has 0 saturated carbocycles. The van der Waals surface area contributed by atoms with Gasteiger partial charge < -0.3 is 9.59 Å². The van der Waals surface area contributed by atoms with E-state index in [1.165, 1.54) is 0 Å². The van der Waals surface area contributed by atoms with E-state index in [-0.39, 0.29) is 0 Å². The zero-order valence-corrected chi connectivity index (χ0v) is 8.51. The van der Waals surface area contributed by atoms with Crippen molar-refractivity contribution in [3.05, 3.63) is 11.3 Å². The predicted octanol–water partition coefficient (Wildman–Crippen LogP) is 1.46. The molecule has 0 rings (SSSR count). The van der Waals surface area contributed by atoms with Gasteiger partial charge in [-0.2, -0.15) is 0 Å². The molecule has 1 N–H and O–H groups in total. The van der Waals surface area contributed by atoms with E-state index in [1.54, 1.807) is 6.92 Å². The minimum absolute atomic E-state index is 0.463. The van der Waals surface area contributed by atoms with E-state index < -0.39 is 5.97 Å². The number of hydrogen-bond acceptors (Lipinski definition) is 1. The van der Waals surface area contributed by atoms with Crippen molar-refractivity contribution in [3.8, 4) is 0 Å². The second kappa shape index (κ2) is 3.72. The number of hydrogen-bond donors (Lipinski definition) is 1. The molecule has 0 aliphatic heterocycles. The summed E-state index contributed by atoms with van der Waals surface area (Å²) in [6, 6.07) is 0. The summed E-state index contributed by atoms with van der Waals surface area (Å²) in [5.74, 6) is -0.820. The van der Waals surface area contributed by atoms with Crippen LogP contribution in [0.4, 0.5) is 0 Å². The van der Waals surface area contributed by atoms with Crippen LogP contribution in [0.1, 0.15) is 20.3 Å². The van der Waals surface area contributed by atoms with Crippen molar-refractivity contribution >= 4 is 5.97 Å². The molecule has 0 heterocycles. The van der Waals surface area contributed by atoms with Crippen molar-refractivity contribution in [1.82, 2.24) is 0 Å². The van der Waals surface area contributed by atoms with E-state index in [0.29, 0.717) is 10.1 Å². The number of allylic oxidation sites excluding steroid dienone is 1. The summed E-state index contributed by atoms with van der Waals surface area (Å²) in [6.45, 7) is 3.63. The highest BCUT2D eigenvalue weighted by Gasteiger charge is 2.20. The van der Waals surface area contributed by atoms with Crippen LogP contribution < -0.4 is 0 Å². The minimum atomic E-state index is -0.820. The lowest BCUT2D eigenvalue weighted by molar-refractivity contribution is -0.833. The second-order valence-corrected chi connectivity index (χ2v) is 3.74. The van der Waals surface area contributed by atoms with Crippen molar-refractivity contribution in [1.29, 1.82) is 0 Å². The van der Waals surface area contributed by atoms with Crippen LogP contribution in [0.25, 0.3) is 0 Å². The van der Waals surface area contributed by atoms with Gasteiger partial charge in [-0.1, -0.05) is 6.92 Å². The van der Waals surface area contributed by atoms with Crippen LogP contribution >= 0.6 is 0 Å². The van der Waals surface area contributed by atoms with E-state index in [2.05, 4.69) is 0 Å². The molecule has 0 aliphatic rings. The lowest BCUT2D eigenvalue weighted by atomic mass is 10.1. The van der Waals surface area contributed by atoms with Gasteiger partial charge in [0, 0.05) is 6.42 Å². The van der Waals surface area contributed by atoms with Crippen LogP contribution in [0.2, 0.25) is 0 Å². The largest absolute Gasteiger partial charge is 0.478 e. The molecule has 0 aromatic rings. The van der Waals surface area contributed by atoms with Crippen molar-refractivity contribution in [2.24, 2.45) is 0 Å². The van der Waals surface area contributed by atoms with Crippen molar-refractivity contribution in [3.63, 3.8) is 0 Å². The van der Waals surface area contributed by atoms with Crippen LogP contribution in [-0.2, 0) is 4.79 Å². The highest BCUT2D eigenvalue weighted by atomic mass is 16.4. The van der Waals surface area contributed by atoms with E-state index in [9.17, 15) is 4.79 Å². The molecule has 0 amide bonds. The smallest absolute Gasteiger partial charge is 0.336 e. The molecule has 0 radical (unpaired) electrons. The fourth-order valence-corrected chi connectivity index (χ4v) is 1.37. The molecule has 0 aromatic heterocycles. The first kappa shape index (κ1) is 11.2. The summed E-state index contributed by atoms with van der Waals surface area (Å²) in [5, 5.41) is 8.78. The maximum absolute atomic E-state index is 10.7. The first-order chi connectivity index (χ1) is 5.30. The van der Waals surface area contributed by atoms with Gasteiger partial charge in [-0.05, 0) is 6.92 Å². The van der Waals surface area contributed by atoms with Gasteiger partial charge in [0.2, 0.25) is 0 Å². The van der Waals surface area contributed by atoms with Crippen LogP contribution in [0.15, 0.2) is 11.3 Å². The molecule has 3 nitrogen and oxygen atoms in total. The van der Waals surface area contributed by atoms with Crippen molar-refractivity contribution < 1.29 is 14.4 Å². The first-order valence-corrected chi connectivity index (χ1v) is 4.05. The molecule has 0 atom stereocenters. The molecular weight excluding hydrogens is 154 g/mol. The van der Waals surface area contributed by atoms with Gasteiger partial charge in [0.15, 0.2) is 0 Å². The third kappa shape index (κ3) is 2.66. The average Bonchev–Trinajstić information content (AvgIpc) is 1.85. The van der Waals surface area contributed by atoms with Crippen LogP contribution in [0.5, 0.6) is 0 Å². The number of rotatable bonds is 3. The number of carboxylic acids is 1. The third-order valence-electron chi connectivity index (χ3n) is 1.90. The Hall–Kier alpha value is -0.830. The molecule has 0 aromatic carbocycles. The molecule has 0 fully saturated rings. The number of aliphatic carboxylic acids is 1. The van der Waals surface area contributed by atoms with Gasteiger partial charge in [-0.15, -0.1) is 0 Å². The second-order valence-electron chi connectivity index (χ2n) is 3.74. The number of quaternary nitrogens is 1. The molecule has 0 unspecified atom stereocenters. The van der Waals surface area contributed by atoms with Crippen LogP contribution in [0.3, 0.4) is 0 Å². The zero-order valence-electron chi connectivity index (χ0n) is 8.51. The fraction of sp³-hybridized carbons (Fsp3) is 0.667. The average molecular weight is 172 g/mol.